The summed E-state index contributed by atoms with van der Waals surface area (Å²) in [4.78, 5) is 6.36. The molecule has 21 heavy (non-hydrogen) atoms. The molecule has 1 aliphatic heterocycles. The van der Waals surface area contributed by atoms with Crippen LogP contribution >= 0.6 is 0 Å². The van der Waals surface area contributed by atoms with Crippen LogP contribution in [-0.2, 0) is 23.6 Å². The average Bonchev–Trinajstić information content (AvgIpc) is 2.77. The van der Waals surface area contributed by atoms with Gasteiger partial charge in [0.25, 0.3) is 0 Å². The first-order valence-electron chi connectivity index (χ1n) is 7.15. The highest BCUT2D eigenvalue weighted by Gasteiger charge is 2.24. The van der Waals surface area contributed by atoms with Crippen molar-refractivity contribution < 1.29 is 8.42 Å². The fraction of sp³-hybridized carbons (Fsp3) is 0.769. The zero-order chi connectivity index (χ0) is 15.6. The molecule has 0 amide bonds. The van der Waals surface area contributed by atoms with E-state index < -0.39 is 10.0 Å². The van der Waals surface area contributed by atoms with E-state index in [1.54, 1.807) is 4.31 Å². The van der Waals surface area contributed by atoms with Crippen molar-refractivity contribution in [1.82, 2.24) is 19.2 Å². The third-order valence-electron chi connectivity index (χ3n) is 3.95. The van der Waals surface area contributed by atoms with Crippen molar-refractivity contribution in [3.63, 3.8) is 0 Å². The molecule has 1 N–H and O–H groups in total. The van der Waals surface area contributed by atoms with Gasteiger partial charge in [-0.3, -0.25) is 0 Å². The number of aromatic nitrogens is 2. The average molecular weight is 315 g/mol. The lowest BCUT2D eigenvalue weighted by Crippen LogP contribution is -2.44. The highest BCUT2D eigenvalue weighted by Crippen LogP contribution is 2.15. The molecule has 2 rings (SSSR count). The minimum Gasteiger partial charge on any atom is -0.348 e. The maximum absolute atomic E-state index is 11.5. The van der Waals surface area contributed by atoms with Crippen molar-refractivity contribution in [2.45, 2.75) is 25.4 Å². The van der Waals surface area contributed by atoms with Crippen molar-refractivity contribution in [2.24, 2.45) is 7.05 Å². The van der Waals surface area contributed by atoms with E-state index in [9.17, 15) is 8.42 Å². The van der Waals surface area contributed by atoms with Crippen LogP contribution in [0.4, 0.5) is 5.95 Å². The second-order valence-electron chi connectivity index (χ2n) is 5.82. The lowest BCUT2D eigenvalue weighted by Gasteiger charge is -2.30. The third kappa shape index (κ3) is 3.96. The lowest BCUT2D eigenvalue weighted by molar-refractivity contribution is 0.289. The van der Waals surface area contributed by atoms with E-state index in [1.807, 2.05) is 32.2 Å². The fourth-order valence-electron chi connectivity index (χ4n) is 2.65. The van der Waals surface area contributed by atoms with Crippen LogP contribution < -0.4 is 10.2 Å². The largest absolute Gasteiger partial charge is 0.348 e. The molecule has 1 saturated heterocycles. The highest BCUT2D eigenvalue weighted by molar-refractivity contribution is 7.88. The summed E-state index contributed by atoms with van der Waals surface area (Å²) in [6, 6.07) is 0.362. The van der Waals surface area contributed by atoms with Gasteiger partial charge >= 0.3 is 0 Å². The summed E-state index contributed by atoms with van der Waals surface area (Å²) in [6.07, 6.45) is 4.87. The monoisotopic (exact) mass is 315 g/mol. The smallest absolute Gasteiger partial charge is 0.211 e. The molecular weight excluding hydrogens is 290 g/mol. The summed E-state index contributed by atoms with van der Waals surface area (Å²) in [6.45, 7) is 1.95. The molecule has 0 unspecified atom stereocenters. The predicted octanol–water partition coefficient (Wildman–Crippen LogP) is -0.000300. The quantitative estimate of drug-likeness (QED) is 0.828. The molecule has 2 heterocycles. The minimum absolute atomic E-state index is 0.362. The molecule has 7 nitrogen and oxygen atoms in total. The van der Waals surface area contributed by atoms with E-state index in [1.165, 1.54) is 6.26 Å². The number of nitrogens with one attached hydrogen (secondary N) is 1. The molecule has 0 aromatic carbocycles. The summed E-state index contributed by atoms with van der Waals surface area (Å²) >= 11 is 0. The highest BCUT2D eigenvalue weighted by atomic mass is 32.2. The van der Waals surface area contributed by atoms with Crippen LogP contribution in [0.5, 0.6) is 0 Å². The van der Waals surface area contributed by atoms with E-state index in [0.717, 1.165) is 31.0 Å². The molecule has 0 radical (unpaired) electrons. The Hall–Kier alpha value is -1.12. The third-order valence-corrected chi connectivity index (χ3v) is 5.26. The number of hydrogen-bond donors (Lipinski definition) is 1. The van der Waals surface area contributed by atoms with Gasteiger partial charge in [0.15, 0.2) is 0 Å². The Morgan fingerprint density at radius 2 is 2.00 bits per heavy atom. The van der Waals surface area contributed by atoms with Gasteiger partial charge in [-0.05, 0) is 12.8 Å². The van der Waals surface area contributed by atoms with Crippen LogP contribution in [0.15, 0.2) is 6.20 Å². The number of piperidine rings is 1. The maximum atomic E-state index is 11.5. The fourth-order valence-corrected chi connectivity index (χ4v) is 3.53. The van der Waals surface area contributed by atoms with E-state index in [2.05, 4.69) is 14.9 Å². The Bertz CT molecular complexity index is 573. The molecule has 1 aromatic rings. The van der Waals surface area contributed by atoms with Crippen LogP contribution in [0.1, 0.15) is 18.5 Å². The number of rotatable bonds is 5. The van der Waals surface area contributed by atoms with Crippen molar-refractivity contribution in [2.75, 3.05) is 38.3 Å². The van der Waals surface area contributed by atoms with E-state index in [4.69, 9.17) is 0 Å². The molecule has 120 valence electrons. The van der Waals surface area contributed by atoms with Gasteiger partial charge in [0.05, 0.1) is 18.1 Å². The Balaban J connectivity index is 1.85. The van der Waals surface area contributed by atoms with Crippen LogP contribution in [0.3, 0.4) is 0 Å². The second kappa shape index (κ2) is 6.33. The van der Waals surface area contributed by atoms with Gasteiger partial charge < -0.3 is 14.8 Å². The topological polar surface area (TPSA) is 70.5 Å². The molecule has 1 aliphatic rings. The molecule has 1 aromatic heterocycles. The van der Waals surface area contributed by atoms with Gasteiger partial charge in [-0.25, -0.2) is 17.7 Å². The number of sulfonamides is 1. The normalized spacial score (nSPS) is 18.1. The van der Waals surface area contributed by atoms with Gasteiger partial charge in [0.1, 0.15) is 0 Å². The van der Waals surface area contributed by atoms with Crippen LogP contribution in [0.2, 0.25) is 0 Å². The standard InChI is InChI=1S/C13H25N5O2S/c1-16(2)13-15-10-12(17(13)3)9-14-11-5-7-18(8-6-11)21(4,19)20/h10-11,14H,5-9H2,1-4H3. The Kier molecular flexibility index (Phi) is 4.90. The van der Waals surface area contributed by atoms with E-state index in [0.29, 0.717) is 19.1 Å². The van der Waals surface area contributed by atoms with Crippen LogP contribution in [-0.4, -0.2) is 61.8 Å². The molecule has 0 bridgehead atoms. The Morgan fingerprint density at radius 3 is 2.48 bits per heavy atom. The molecular formula is C13H25N5O2S. The first-order chi connectivity index (χ1) is 9.79. The van der Waals surface area contributed by atoms with Crippen molar-refractivity contribution >= 4 is 16.0 Å². The summed E-state index contributed by atoms with van der Waals surface area (Å²) in [5.74, 6) is 0.929. The van der Waals surface area contributed by atoms with Gasteiger partial charge in [-0.1, -0.05) is 0 Å². The van der Waals surface area contributed by atoms with Gasteiger partial charge in [-0.15, -0.1) is 0 Å². The molecule has 0 aliphatic carbocycles. The summed E-state index contributed by atoms with van der Waals surface area (Å²) in [5, 5.41) is 3.50. The zero-order valence-electron chi connectivity index (χ0n) is 13.2. The van der Waals surface area contributed by atoms with E-state index >= 15 is 0 Å². The van der Waals surface area contributed by atoms with Crippen molar-refractivity contribution in [3.8, 4) is 0 Å². The Labute approximate surface area is 127 Å². The number of hydrogen-bond acceptors (Lipinski definition) is 5. The van der Waals surface area contributed by atoms with Crippen LogP contribution in [0, 0.1) is 0 Å². The van der Waals surface area contributed by atoms with Crippen molar-refractivity contribution in [1.29, 1.82) is 0 Å². The van der Waals surface area contributed by atoms with Gasteiger partial charge in [0.2, 0.25) is 16.0 Å². The molecule has 0 atom stereocenters. The summed E-state index contributed by atoms with van der Waals surface area (Å²) in [7, 11) is 2.91. The lowest BCUT2D eigenvalue weighted by atomic mass is 10.1. The molecule has 1 fully saturated rings. The second-order valence-corrected chi connectivity index (χ2v) is 7.80. The number of imidazole rings is 1. The maximum Gasteiger partial charge on any atom is 0.211 e. The van der Waals surface area contributed by atoms with E-state index in [-0.39, 0.29) is 0 Å². The van der Waals surface area contributed by atoms with Gasteiger partial charge in [-0.2, -0.15) is 0 Å². The predicted molar refractivity (Wildman–Crippen MR) is 83.8 cm³/mol. The van der Waals surface area contributed by atoms with Gasteiger partial charge in [0, 0.05) is 46.8 Å². The molecule has 0 saturated carbocycles. The SMILES string of the molecule is CN(C)c1ncc(CNC2CCN(S(C)(=O)=O)CC2)n1C. The molecule has 0 spiro atoms. The van der Waals surface area contributed by atoms with Crippen molar-refractivity contribution in [3.05, 3.63) is 11.9 Å². The number of anilines is 1. The zero-order valence-corrected chi connectivity index (χ0v) is 14.0. The van der Waals surface area contributed by atoms with Crippen LogP contribution in [0.25, 0.3) is 0 Å². The first-order valence-corrected chi connectivity index (χ1v) is 9.00. The minimum atomic E-state index is -3.04. The first kappa shape index (κ1) is 16.3. The summed E-state index contributed by atoms with van der Waals surface area (Å²) in [5.41, 5.74) is 1.13. The molecule has 8 heteroatoms. The number of nitrogens with zero attached hydrogens (tertiary/aromatic N) is 4. The Morgan fingerprint density at radius 1 is 1.38 bits per heavy atom. The summed E-state index contributed by atoms with van der Waals surface area (Å²) < 4.78 is 26.6.